The lowest BCUT2D eigenvalue weighted by molar-refractivity contribution is 0.0240. The fourth-order valence-corrected chi connectivity index (χ4v) is 3.08. The first kappa shape index (κ1) is 17.4. The number of hydrogen-bond acceptors (Lipinski definition) is 5. The number of piperazine rings is 1. The van der Waals surface area contributed by atoms with Crippen molar-refractivity contribution in [2.75, 3.05) is 31.1 Å². The molecule has 7 nitrogen and oxygen atoms in total. The zero-order chi connectivity index (χ0) is 18.2. The molecule has 2 heterocycles. The molecule has 0 N–H and O–H groups in total. The second-order valence-electron chi connectivity index (χ2n) is 7.19. The molecule has 1 fully saturated rings. The largest absolute Gasteiger partial charge is 0.444 e. The summed E-state index contributed by atoms with van der Waals surface area (Å²) in [6, 6.07) is 5.78. The Balaban J connectivity index is 1.77. The molecule has 0 bridgehead atoms. The van der Waals surface area contributed by atoms with Gasteiger partial charge in [0.05, 0.1) is 11.2 Å². The second kappa shape index (κ2) is 6.46. The van der Waals surface area contributed by atoms with E-state index in [2.05, 4.69) is 4.90 Å². The minimum Gasteiger partial charge on any atom is -0.444 e. The molecule has 136 valence electrons. The number of aromatic nitrogens is 1. The highest BCUT2D eigenvalue weighted by atomic mass is 16.6. The minimum absolute atomic E-state index is 0.283. The molecule has 7 heteroatoms. The normalized spacial score (nSPS) is 15.7. The number of anilines is 1. The number of rotatable bonds is 2. The lowest BCUT2D eigenvalue weighted by atomic mass is 10.2. The maximum atomic E-state index is 12.2. The maximum Gasteiger partial charge on any atom is 0.420 e. The van der Waals surface area contributed by atoms with Crippen LogP contribution in [-0.2, 0) is 11.3 Å². The first-order valence-corrected chi connectivity index (χ1v) is 8.65. The zero-order valence-electron chi connectivity index (χ0n) is 15.2. The number of carbonyl (C=O) groups is 1. The minimum atomic E-state index is -0.494. The van der Waals surface area contributed by atoms with Gasteiger partial charge in [-0.3, -0.25) is 4.57 Å². The highest BCUT2D eigenvalue weighted by molar-refractivity contribution is 5.87. The van der Waals surface area contributed by atoms with Crippen LogP contribution in [0.1, 0.15) is 27.7 Å². The number of aryl methyl sites for hydroxylation is 1. The van der Waals surface area contributed by atoms with Crippen molar-refractivity contribution in [2.45, 2.75) is 39.8 Å². The van der Waals surface area contributed by atoms with E-state index in [4.69, 9.17) is 9.15 Å². The van der Waals surface area contributed by atoms with Crippen LogP contribution in [0.2, 0.25) is 0 Å². The summed E-state index contributed by atoms with van der Waals surface area (Å²) in [6.07, 6.45) is -0.283. The first-order valence-electron chi connectivity index (χ1n) is 8.65. The fourth-order valence-electron chi connectivity index (χ4n) is 3.08. The van der Waals surface area contributed by atoms with Gasteiger partial charge in [-0.05, 0) is 39.8 Å². The van der Waals surface area contributed by atoms with Gasteiger partial charge in [0.25, 0.3) is 0 Å². The SMILES string of the molecule is CCn1c(=O)oc2c(N3CCN(C(=O)OC(C)(C)C)CC3)cccc21. The predicted octanol–water partition coefficient (Wildman–Crippen LogP) is 2.67. The van der Waals surface area contributed by atoms with Gasteiger partial charge in [-0.15, -0.1) is 0 Å². The Morgan fingerprint density at radius 2 is 1.88 bits per heavy atom. The lowest BCUT2D eigenvalue weighted by Gasteiger charge is -2.36. The summed E-state index contributed by atoms with van der Waals surface area (Å²) in [5, 5.41) is 0. The summed E-state index contributed by atoms with van der Waals surface area (Å²) in [6.45, 7) is 10.6. The topological polar surface area (TPSA) is 67.9 Å². The maximum absolute atomic E-state index is 12.2. The summed E-state index contributed by atoms with van der Waals surface area (Å²) < 4.78 is 12.5. The van der Waals surface area contributed by atoms with Gasteiger partial charge in [0.2, 0.25) is 0 Å². The summed E-state index contributed by atoms with van der Waals surface area (Å²) >= 11 is 0. The fraction of sp³-hybridized carbons (Fsp3) is 0.556. The standard InChI is InChI=1S/C18H25N3O4/c1-5-21-14-8-6-7-13(15(14)24-17(21)23)19-9-11-20(12-10-19)16(22)25-18(2,3)4/h6-8H,5,9-12H2,1-4H3. The number of oxazole rings is 1. The summed E-state index contributed by atoms with van der Waals surface area (Å²) in [5.74, 6) is -0.336. The lowest BCUT2D eigenvalue weighted by Crippen LogP contribution is -2.50. The molecule has 0 spiro atoms. The predicted molar refractivity (Wildman–Crippen MR) is 96.2 cm³/mol. The number of carbonyl (C=O) groups excluding carboxylic acids is 1. The molecule has 0 atom stereocenters. The van der Waals surface area contributed by atoms with Crippen molar-refractivity contribution < 1.29 is 13.9 Å². The molecule has 0 aliphatic carbocycles. The Bertz CT molecular complexity index is 823. The number of ether oxygens (including phenoxy) is 1. The van der Waals surface area contributed by atoms with Crippen LogP contribution < -0.4 is 10.7 Å². The number of hydrogen-bond donors (Lipinski definition) is 0. The Morgan fingerprint density at radius 1 is 1.20 bits per heavy atom. The van der Waals surface area contributed by atoms with Crippen LogP contribution in [0.15, 0.2) is 27.4 Å². The molecule has 2 aromatic rings. The van der Waals surface area contributed by atoms with Crippen molar-refractivity contribution >= 4 is 22.9 Å². The van der Waals surface area contributed by atoms with Crippen molar-refractivity contribution in [3.8, 4) is 0 Å². The van der Waals surface area contributed by atoms with Crippen molar-refractivity contribution in [1.82, 2.24) is 9.47 Å². The Hall–Kier alpha value is -2.44. The average molecular weight is 347 g/mol. The van der Waals surface area contributed by atoms with E-state index in [0.717, 1.165) is 11.2 Å². The molecule has 25 heavy (non-hydrogen) atoms. The van der Waals surface area contributed by atoms with Crippen LogP contribution in [0.4, 0.5) is 10.5 Å². The van der Waals surface area contributed by atoms with Crippen molar-refractivity contribution in [3.63, 3.8) is 0 Å². The van der Waals surface area contributed by atoms with Crippen LogP contribution in [0, 0.1) is 0 Å². The molecule has 1 amide bonds. The monoisotopic (exact) mass is 347 g/mol. The van der Waals surface area contributed by atoms with E-state index < -0.39 is 5.60 Å². The van der Waals surface area contributed by atoms with E-state index in [9.17, 15) is 9.59 Å². The molecule has 1 saturated heterocycles. The number of fused-ring (bicyclic) bond motifs is 1. The molecular weight excluding hydrogens is 322 g/mol. The van der Waals surface area contributed by atoms with Crippen molar-refractivity contribution in [1.29, 1.82) is 0 Å². The van der Waals surface area contributed by atoms with Gasteiger partial charge in [0, 0.05) is 32.7 Å². The number of nitrogens with zero attached hydrogens (tertiary/aromatic N) is 3. The van der Waals surface area contributed by atoms with Gasteiger partial charge in [0.1, 0.15) is 5.60 Å². The van der Waals surface area contributed by atoms with Crippen LogP contribution in [0.3, 0.4) is 0 Å². The van der Waals surface area contributed by atoms with E-state index in [1.165, 1.54) is 0 Å². The van der Waals surface area contributed by atoms with E-state index in [1.54, 1.807) is 9.47 Å². The van der Waals surface area contributed by atoms with Crippen LogP contribution >= 0.6 is 0 Å². The number of amides is 1. The molecule has 0 unspecified atom stereocenters. The Labute approximate surface area is 146 Å². The van der Waals surface area contributed by atoms with E-state index in [1.807, 2.05) is 45.9 Å². The summed E-state index contributed by atoms with van der Waals surface area (Å²) in [4.78, 5) is 28.0. The van der Waals surface area contributed by atoms with Gasteiger partial charge >= 0.3 is 11.8 Å². The van der Waals surface area contributed by atoms with Gasteiger partial charge in [0.15, 0.2) is 5.58 Å². The second-order valence-corrected chi connectivity index (χ2v) is 7.19. The highest BCUT2D eigenvalue weighted by Gasteiger charge is 2.27. The molecule has 0 radical (unpaired) electrons. The molecule has 1 aliphatic rings. The molecule has 1 aromatic carbocycles. The van der Waals surface area contributed by atoms with E-state index in [-0.39, 0.29) is 11.8 Å². The third-order valence-electron chi connectivity index (χ3n) is 4.26. The van der Waals surface area contributed by atoms with E-state index >= 15 is 0 Å². The van der Waals surface area contributed by atoms with Crippen LogP contribution in [-0.4, -0.2) is 47.3 Å². The summed E-state index contributed by atoms with van der Waals surface area (Å²) in [7, 11) is 0. The highest BCUT2D eigenvalue weighted by Crippen LogP contribution is 2.27. The van der Waals surface area contributed by atoms with E-state index in [0.29, 0.717) is 38.3 Å². The van der Waals surface area contributed by atoms with Crippen LogP contribution in [0.25, 0.3) is 11.1 Å². The van der Waals surface area contributed by atoms with Gasteiger partial charge in [-0.2, -0.15) is 0 Å². The van der Waals surface area contributed by atoms with Crippen molar-refractivity contribution in [2.24, 2.45) is 0 Å². The Kier molecular flexibility index (Phi) is 4.49. The van der Waals surface area contributed by atoms with Crippen LogP contribution in [0.5, 0.6) is 0 Å². The Morgan fingerprint density at radius 3 is 2.48 bits per heavy atom. The van der Waals surface area contributed by atoms with Crippen molar-refractivity contribution in [3.05, 3.63) is 28.7 Å². The molecule has 0 saturated carbocycles. The third kappa shape index (κ3) is 3.50. The molecule has 1 aliphatic heterocycles. The third-order valence-corrected chi connectivity index (χ3v) is 4.26. The van der Waals surface area contributed by atoms with Gasteiger partial charge in [-0.1, -0.05) is 6.07 Å². The smallest absolute Gasteiger partial charge is 0.420 e. The number of benzene rings is 1. The average Bonchev–Trinajstić information content (AvgIpc) is 2.88. The zero-order valence-corrected chi connectivity index (χ0v) is 15.2. The molecule has 3 rings (SSSR count). The van der Waals surface area contributed by atoms with Gasteiger partial charge in [-0.25, -0.2) is 9.59 Å². The quantitative estimate of drug-likeness (QED) is 0.835. The van der Waals surface area contributed by atoms with Gasteiger partial charge < -0.3 is 19.0 Å². The molecular formula is C18H25N3O4. The first-order chi connectivity index (χ1) is 11.8. The molecule has 1 aromatic heterocycles. The number of para-hydroxylation sites is 1. The summed E-state index contributed by atoms with van der Waals surface area (Å²) in [5.41, 5.74) is 1.82.